The number of carbonyl (C=O) groups is 2. The van der Waals surface area contributed by atoms with Gasteiger partial charge in [0, 0.05) is 23.1 Å². The Morgan fingerprint density at radius 3 is 2.24 bits per heavy atom. The number of sulfonamides is 1. The number of nitrogens with zero attached hydrogens (tertiary/aromatic N) is 2. The first-order valence-electron chi connectivity index (χ1n) is 11.0. The molecule has 186 valence electrons. The smallest absolute Gasteiger partial charge is 0.244 e. The molecule has 1 unspecified atom stereocenters. The summed E-state index contributed by atoms with van der Waals surface area (Å²) in [5.41, 5.74) is 1.93. The minimum absolute atomic E-state index is 0.0262. The number of aryl methyl sites for hydroxylation is 1. The predicted octanol–water partition coefficient (Wildman–Crippen LogP) is 4.40. The molecule has 0 saturated heterocycles. The summed E-state index contributed by atoms with van der Waals surface area (Å²) >= 11 is 12.4. The van der Waals surface area contributed by atoms with E-state index in [1.165, 1.54) is 4.90 Å². The number of rotatable bonds is 11. The molecule has 2 rings (SSSR count). The quantitative estimate of drug-likeness (QED) is 0.469. The number of hydrogen-bond acceptors (Lipinski definition) is 4. The van der Waals surface area contributed by atoms with E-state index < -0.39 is 28.5 Å². The van der Waals surface area contributed by atoms with Crippen molar-refractivity contribution < 1.29 is 18.0 Å². The molecule has 0 radical (unpaired) electrons. The van der Waals surface area contributed by atoms with Crippen molar-refractivity contribution in [2.24, 2.45) is 0 Å². The van der Waals surface area contributed by atoms with Crippen molar-refractivity contribution in [2.45, 2.75) is 46.2 Å². The fourth-order valence-electron chi connectivity index (χ4n) is 3.44. The molecule has 0 aromatic heterocycles. The van der Waals surface area contributed by atoms with Crippen LogP contribution in [0, 0.1) is 6.92 Å². The summed E-state index contributed by atoms with van der Waals surface area (Å²) < 4.78 is 26.2. The van der Waals surface area contributed by atoms with Crippen molar-refractivity contribution in [3.05, 3.63) is 63.6 Å². The van der Waals surface area contributed by atoms with Crippen LogP contribution in [0.15, 0.2) is 42.5 Å². The van der Waals surface area contributed by atoms with E-state index in [4.69, 9.17) is 23.2 Å². The molecule has 0 heterocycles. The zero-order chi connectivity index (χ0) is 25.5. The van der Waals surface area contributed by atoms with Crippen LogP contribution in [0.4, 0.5) is 5.69 Å². The summed E-state index contributed by atoms with van der Waals surface area (Å²) in [5, 5.41) is 3.63. The minimum atomic E-state index is -3.77. The molecule has 0 aliphatic rings. The molecule has 10 heteroatoms. The van der Waals surface area contributed by atoms with Gasteiger partial charge in [-0.25, -0.2) is 8.42 Å². The number of nitrogens with one attached hydrogen (secondary N) is 1. The van der Waals surface area contributed by atoms with E-state index in [9.17, 15) is 18.0 Å². The molecular formula is C24H31Cl2N3O4S. The Hall–Kier alpha value is -2.29. The van der Waals surface area contributed by atoms with E-state index in [0.29, 0.717) is 34.3 Å². The second kappa shape index (κ2) is 12.4. The summed E-state index contributed by atoms with van der Waals surface area (Å²) in [6.07, 6.45) is 2.14. The highest BCUT2D eigenvalue weighted by atomic mass is 35.5. The van der Waals surface area contributed by atoms with Crippen LogP contribution in [0.25, 0.3) is 0 Å². The van der Waals surface area contributed by atoms with Gasteiger partial charge in [-0.3, -0.25) is 13.9 Å². The zero-order valence-electron chi connectivity index (χ0n) is 19.8. The highest BCUT2D eigenvalue weighted by molar-refractivity contribution is 7.92. The van der Waals surface area contributed by atoms with Crippen LogP contribution < -0.4 is 9.62 Å². The second-order valence-corrected chi connectivity index (χ2v) is 10.8. The van der Waals surface area contributed by atoms with Crippen LogP contribution in [-0.2, 0) is 26.2 Å². The maximum absolute atomic E-state index is 13.6. The Morgan fingerprint density at radius 1 is 1.06 bits per heavy atom. The van der Waals surface area contributed by atoms with Crippen molar-refractivity contribution in [1.82, 2.24) is 10.2 Å². The Labute approximate surface area is 212 Å². The number of benzene rings is 2. The molecule has 0 spiro atoms. The summed E-state index contributed by atoms with van der Waals surface area (Å²) in [6, 6.07) is 10.9. The maximum atomic E-state index is 13.6. The molecule has 0 fully saturated rings. The number of hydrogen-bond donors (Lipinski definition) is 1. The van der Waals surface area contributed by atoms with Crippen LogP contribution in [0.5, 0.6) is 0 Å². The standard InChI is InChI=1S/C24H31Cl2N3O4S/c1-5-13-27-24(31)22(6-2)28(15-18-9-10-19(25)14-21(18)26)23(30)16-29(34(4,32)33)20-11-7-17(3)8-12-20/h7-12,14,22H,5-6,13,15-16H2,1-4H3,(H,27,31). The van der Waals surface area contributed by atoms with Crippen LogP contribution in [0.2, 0.25) is 10.0 Å². The Balaban J connectivity index is 2.44. The van der Waals surface area contributed by atoms with Crippen molar-refractivity contribution in [1.29, 1.82) is 0 Å². The van der Waals surface area contributed by atoms with Crippen LogP contribution in [0.1, 0.15) is 37.8 Å². The van der Waals surface area contributed by atoms with E-state index in [0.717, 1.165) is 22.5 Å². The lowest BCUT2D eigenvalue weighted by molar-refractivity contribution is -0.140. The fourth-order valence-corrected chi connectivity index (χ4v) is 4.76. The van der Waals surface area contributed by atoms with Crippen LogP contribution in [-0.4, -0.2) is 50.5 Å². The van der Waals surface area contributed by atoms with Crippen molar-refractivity contribution in [3.63, 3.8) is 0 Å². The van der Waals surface area contributed by atoms with Gasteiger partial charge >= 0.3 is 0 Å². The fraction of sp³-hybridized carbons (Fsp3) is 0.417. The summed E-state index contributed by atoms with van der Waals surface area (Å²) in [4.78, 5) is 27.9. The number of halogens is 2. The Kier molecular flexibility index (Phi) is 10.2. The Morgan fingerprint density at radius 2 is 1.71 bits per heavy atom. The first kappa shape index (κ1) is 28.0. The van der Waals surface area contributed by atoms with Gasteiger partial charge in [0.05, 0.1) is 11.9 Å². The summed E-state index contributed by atoms with van der Waals surface area (Å²) in [6.45, 7) is 5.66. The summed E-state index contributed by atoms with van der Waals surface area (Å²) in [5.74, 6) is -0.820. The largest absolute Gasteiger partial charge is 0.354 e. The van der Waals surface area contributed by atoms with Gasteiger partial charge in [-0.2, -0.15) is 0 Å². The number of amides is 2. The van der Waals surface area contributed by atoms with Gasteiger partial charge in [-0.1, -0.05) is 60.8 Å². The molecule has 0 aliphatic heterocycles. The molecule has 0 saturated carbocycles. The second-order valence-electron chi connectivity index (χ2n) is 8.08. The molecule has 2 aromatic rings. The van der Waals surface area contributed by atoms with E-state index in [1.807, 2.05) is 13.8 Å². The molecule has 1 N–H and O–H groups in total. The van der Waals surface area contributed by atoms with Gasteiger partial charge in [0.15, 0.2) is 0 Å². The van der Waals surface area contributed by atoms with Gasteiger partial charge < -0.3 is 10.2 Å². The molecule has 0 aliphatic carbocycles. The van der Waals surface area contributed by atoms with Crippen molar-refractivity contribution >= 4 is 50.7 Å². The topological polar surface area (TPSA) is 86.8 Å². The third kappa shape index (κ3) is 7.61. The monoisotopic (exact) mass is 527 g/mol. The SMILES string of the molecule is CCCNC(=O)C(CC)N(Cc1ccc(Cl)cc1Cl)C(=O)CN(c1ccc(C)cc1)S(C)(=O)=O. The van der Waals surface area contributed by atoms with E-state index in [2.05, 4.69) is 5.32 Å². The Bertz CT molecular complexity index is 1110. The van der Waals surface area contributed by atoms with Gasteiger partial charge in [0.2, 0.25) is 21.8 Å². The molecule has 2 aromatic carbocycles. The lowest BCUT2D eigenvalue weighted by Gasteiger charge is -2.33. The molecule has 7 nitrogen and oxygen atoms in total. The van der Waals surface area contributed by atoms with E-state index in [-0.39, 0.29) is 12.5 Å². The van der Waals surface area contributed by atoms with Gasteiger partial charge in [0.25, 0.3) is 0 Å². The lowest BCUT2D eigenvalue weighted by atomic mass is 10.1. The lowest BCUT2D eigenvalue weighted by Crippen LogP contribution is -2.52. The number of anilines is 1. The number of carbonyl (C=O) groups excluding carboxylic acids is 2. The van der Waals surface area contributed by atoms with Crippen LogP contribution >= 0.6 is 23.2 Å². The molecule has 0 bridgehead atoms. The van der Waals surface area contributed by atoms with E-state index >= 15 is 0 Å². The predicted molar refractivity (Wildman–Crippen MR) is 138 cm³/mol. The highest BCUT2D eigenvalue weighted by Gasteiger charge is 2.32. The van der Waals surface area contributed by atoms with Crippen LogP contribution in [0.3, 0.4) is 0 Å². The maximum Gasteiger partial charge on any atom is 0.244 e. The molecule has 34 heavy (non-hydrogen) atoms. The molecule has 2 amide bonds. The van der Waals surface area contributed by atoms with E-state index in [1.54, 1.807) is 49.4 Å². The van der Waals surface area contributed by atoms with Crippen molar-refractivity contribution in [3.8, 4) is 0 Å². The summed E-state index contributed by atoms with van der Waals surface area (Å²) in [7, 11) is -3.77. The van der Waals surface area contributed by atoms with Gasteiger partial charge in [-0.05, 0) is 49.6 Å². The first-order valence-corrected chi connectivity index (χ1v) is 13.6. The average molecular weight is 529 g/mol. The minimum Gasteiger partial charge on any atom is -0.354 e. The molecular weight excluding hydrogens is 497 g/mol. The van der Waals surface area contributed by atoms with Crippen molar-refractivity contribution in [2.75, 3.05) is 23.7 Å². The van der Waals surface area contributed by atoms with Gasteiger partial charge in [-0.15, -0.1) is 0 Å². The highest BCUT2D eigenvalue weighted by Crippen LogP contribution is 2.25. The third-order valence-electron chi connectivity index (χ3n) is 5.29. The zero-order valence-corrected chi connectivity index (χ0v) is 22.2. The normalized spacial score (nSPS) is 12.2. The average Bonchev–Trinajstić information content (AvgIpc) is 2.77. The third-order valence-corrected chi connectivity index (χ3v) is 7.02. The first-order chi connectivity index (χ1) is 16.0. The molecule has 1 atom stereocenters. The van der Waals surface area contributed by atoms with Gasteiger partial charge in [0.1, 0.15) is 12.6 Å².